The number of aliphatic carboxylic acids is 1. The van der Waals surface area contributed by atoms with Crippen LogP contribution in [-0.2, 0) is 9.59 Å². The molecule has 2 unspecified atom stereocenters. The van der Waals surface area contributed by atoms with E-state index >= 15 is 0 Å². The topological polar surface area (TPSA) is 77.8 Å². The number of hydrogen-bond acceptors (Lipinski definition) is 3. The third kappa shape index (κ3) is 1.55. The molecule has 1 aliphatic heterocycles. The summed E-state index contributed by atoms with van der Waals surface area (Å²) < 4.78 is 0. The lowest BCUT2D eigenvalue weighted by atomic mass is 10.1. The monoisotopic (exact) mass is 173 g/mol. The van der Waals surface area contributed by atoms with E-state index in [9.17, 15) is 14.7 Å². The Morgan fingerprint density at radius 1 is 1.42 bits per heavy atom. The molecule has 1 saturated heterocycles. The van der Waals surface area contributed by atoms with Gasteiger partial charge in [-0.05, 0) is 0 Å². The standard InChI is InChI=1S/C7H11NO4/c1-4-2-8(3-5(4)9)6(10)7(11)12/h4-5,9H,2-3H2,1H3,(H,11,12). The average Bonchev–Trinajstić information content (AvgIpc) is 2.30. The molecular weight excluding hydrogens is 162 g/mol. The number of carbonyl (C=O) groups excluding carboxylic acids is 1. The van der Waals surface area contributed by atoms with Gasteiger partial charge in [0.2, 0.25) is 0 Å². The highest BCUT2D eigenvalue weighted by Gasteiger charge is 2.33. The zero-order valence-corrected chi connectivity index (χ0v) is 6.73. The fourth-order valence-electron chi connectivity index (χ4n) is 1.25. The molecule has 1 fully saturated rings. The van der Waals surface area contributed by atoms with Crippen molar-refractivity contribution in [1.82, 2.24) is 4.90 Å². The van der Waals surface area contributed by atoms with E-state index in [4.69, 9.17) is 5.11 Å². The maximum absolute atomic E-state index is 10.9. The maximum atomic E-state index is 10.9. The van der Waals surface area contributed by atoms with Crippen molar-refractivity contribution in [2.24, 2.45) is 5.92 Å². The molecule has 1 amide bonds. The van der Waals surface area contributed by atoms with Crippen LogP contribution in [0.5, 0.6) is 0 Å². The molecule has 5 nitrogen and oxygen atoms in total. The number of amides is 1. The molecule has 68 valence electrons. The summed E-state index contributed by atoms with van der Waals surface area (Å²) in [5, 5.41) is 17.6. The average molecular weight is 173 g/mol. The first-order valence-electron chi connectivity index (χ1n) is 3.72. The van der Waals surface area contributed by atoms with Crippen LogP contribution in [0.1, 0.15) is 6.92 Å². The zero-order valence-electron chi connectivity index (χ0n) is 6.73. The number of hydrogen-bond donors (Lipinski definition) is 2. The third-order valence-electron chi connectivity index (χ3n) is 2.04. The lowest BCUT2D eigenvalue weighted by molar-refractivity contribution is -0.155. The molecule has 5 heteroatoms. The van der Waals surface area contributed by atoms with Gasteiger partial charge in [0, 0.05) is 19.0 Å². The number of likely N-dealkylation sites (tertiary alicyclic amines) is 1. The van der Waals surface area contributed by atoms with Crippen molar-refractivity contribution in [2.45, 2.75) is 13.0 Å². The van der Waals surface area contributed by atoms with Crippen molar-refractivity contribution < 1.29 is 19.8 Å². The van der Waals surface area contributed by atoms with Crippen LogP contribution in [0.15, 0.2) is 0 Å². The normalized spacial score (nSPS) is 29.0. The highest BCUT2D eigenvalue weighted by molar-refractivity contribution is 6.31. The molecule has 1 rings (SSSR count). The van der Waals surface area contributed by atoms with Crippen LogP contribution < -0.4 is 0 Å². The molecule has 0 aromatic rings. The molecule has 0 aromatic heterocycles. The van der Waals surface area contributed by atoms with Crippen molar-refractivity contribution in [3.05, 3.63) is 0 Å². The van der Waals surface area contributed by atoms with Crippen molar-refractivity contribution in [3.8, 4) is 0 Å². The highest BCUT2D eigenvalue weighted by Crippen LogP contribution is 2.15. The van der Waals surface area contributed by atoms with Gasteiger partial charge in [0.05, 0.1) is 6.10 Å². The highest BCUT2D eigenvalue weighted by atomic mass is 16.4. The molecule has 2 atom stereocenters. The SMILES string of the molecule is CC1CN(C(=O)C(=O)O)CC1O. The zero-order chi connectivity index (χ0) is 9.30. The minimum Gasteiger partial charge on any atom is -0.474 e. The Balaban J connectivity index is 2.57. The molecule has 1 heterocycles. The molecular formula is C7H11NO4. The van der Waals surface area contributed by atoms with Crippen molar-refractivity contribution in [2.75, 3.05) is 13.1 Å². The largest absolute Gasteiger partial charge is 0.474 e. The predicted molar refractivity (Wildman–Crippen MR) is 39.4 cm³/mol. The predicted octanol–water partition coefficient (Wildman–Crippen LogP) is -1.09. The van der Waals surface area contributed by atoms with Gasteiger partial charge >= 0.3 is 11.9 Å². The summed E-state index contributed by atoms with van der Waals surface area (Å²) in [6, 6.07) is 0. The second-order valence-corrected chi connectivity index (χ2v) is 3.06. The van der Waals surface area contributed by atoms with E-state index in [0.29, 0.717) is 6.54 Å². The van der Waals surface area contributed by atoms with Gasteiger partial charge in [-0.1, -0.05) is 6.92 Å². The van der Waals surface area contributed by atoms with E-state index in [0.717, 1.165) is 4.90 Å². The van der Waals surface area contributed by atoms with E-state index in [1.165, 1.54) is 0 Å². The van der Waals surface area contributed by atoms with E-state index in [1.807, 2.05) is 0 Å². The maximum Gasteiger partial charge on any atom is 0.394 e. The first kappa shape index (κ1) is 8.99. The minimum atomic E-state index is -1.46. The molecule has 0 bridgehead atoms. The van der Waals surface area contributed by atoms with Gasteiger partial charge in [-0.2, -0.15) is 0 Å². The number of aliphatic hydroxyl groups excluding tert-OH is 1. The summed E-state index contributed by atoms with van der Waals surface area (Å²) in [7, 11) is 0. The minimum absolute atomic E-state index is 0.0340. The second kappa shape index (κ2) is 3.10. The van der Waals surface area contributed by atoms with Crippen molar-refractivity contribution in [1.29, 1.82) is 0 Å². The number of nitrogens with zero attached hydrogens (tertiary/aromatic N) is 1. The van der Waals surface area contributed by atoms with Gasteiger partial charge in [-0.3, -0.25) is 4.79 Å². The molecule has 0 aromatic carbocycles. The van der Waals surface area contributed by atoms with Crippen LogP contribution in [0.4, 0.5) is 0 Å². The van der Waals surface area contributed by atoms with Gasteiger partial charge in [0.25, 0.3) is 0 Å². The Labute approximate surface area is 69.6 Å². The Morgan fingerprint density at radius 3 is 2.33 bits per heavy atom. The first-order chi connectivity index (χ1) is 5.52. The Hall–Kier alpha value is -1.10. The quantitative estimate of drug-likeness (QED) is 0.456. The van der Waals surface area contributed by atoms with E-state index in [2.05, 4.69) is 0 Å². The molecule has 0 aliphatic carbocycles. The van der Waals surface area contributed by atoms with Crippen LogP contribution in [0.25, 0.3) is 0 Å². The molecule has 12 heavy (non-hydrogen) atoms. The van der Waals surface area contributed by atoms with Crippen LogP contribution >= 0.6 is 0 Å². The second-order valence-electron chi connectivity index (χ2n) is 3.06. The number of carboxylic acid groups (broad SMARTS) is 1. The molecule has 0 saturated carbocycles. The van der Waals surface area contributed by atoms with Gasteiger partial charge < -0.3 is 15.1 Å². The Bertz CT molecular complexity index is 205. The summed E-state index contributed by atoms with van der Waals surface area (Å²) in [5.74, 6) is -2.43. The fraction of sp³-hybridized carbons (Fsp3) is 0.714. The van der Waals surface area contributed by atoms with Crippen LogP contribution in [-0.4, -0.2) is 46.2 Å². The van der Waals surface area contributed by atoms with Crippen LogP contribution in [0.2, 0.25) is 0 Å². The number of aliphatic hydroxyl groups is 1. The number of carbonyl (C=O) groups is 2. The summed E-state index contributed by atoms with van der Waals surface area (Å²) in [6.07, 6.45) is -0.590. The Kier molecular flexibility index (Phi) is 2.32. The van der Waals surface area contributed by atoms with Crippen molar-refractivity contribution >= 4 is 11.9 Å². The van der Waals surface area contributed by atoms with E-state index in [-0.39, 0.29) is 12.5 Å². The molecule has 0 spiro atoms. The van der Waals surface area contributed by atoms with Gasteiger partial charge in [-0.25, -0.2) is 4.79 Å². The van der Waals surface area contributed by atoms with Gasteiger partial charge in [0.1, 0.15) is 0 Å². The smallest absolute Gasteiger partial charge is 0.394 e. The molecule has 1 aliphatic rings. The van der Waals surface area contributed by atoms with Crippen LogP contribution in [0.3, 0.4) is 0 Å². The third-order valence-corrected chi connectivity index (χ3v) is 2.04. The lowest BCUT2D eigenvalue weighted by Gasteiger charge is -2.11. The number of rotatable bonds is 0. The van der Waals surface area contributed by atoms with Crippen LogP contribution in [0, 0.1) is 5.92 Å². The number of β-amino-alcohol motifs (C(OH)–C–C–N with tert-alkyl or cyclic N) is 1. The van der Waals surface area contributed by atoms with Crippen molar-refractivity contribution in [3.63, 3.8) is 0 Å². The number of carboxylic acids is 1. The van der Waals surface area contributed by atoms with E-state index < -0.39 is 18.0 Å². The first-order valence-corrected chi connectivity index (χ1v) is 3.72. The van der Waals surface area contributed by atoms with Gasteiger partial charge in [-0.15, -0.1) is 0 Å². The summed E-state index contributed by atoms with van der Waals surface area (Å²) >= 11 is 0. The molecule has 2 N–H and O–H groups in total. The summed E-state index contributed by atoms with van der Waals surface area (Å²) in [4.78, 5) is 22.2. The van der Waals surface area contributed by atoms with E-state index in [1.54, 1.807) is 6.92 Å². The lowest BCUT2D eigenvalue weighted by Crippen LogP contribution is -2.35. The Morgan fingerprint density at radius 2 is 2.00 bits per heavy atom. The van der Waals surface area contributed by atoms with Gasteiger partial charge in [0.15, 0.2) is 0 Å². The summed E-state index contributed by atoms with van der Waals surface area (Å²) in [6.45, 7) is 2.23. The fourth-order valence-corrected chi connectivity index (χ4v) is 1.25. The summed E-state index contributed by atoms with van der Waals surface area (Å²) in [5.41, 5.74) is 0. The molecule has 0 radical (unpaired) electrons.